The van der Waals surface area contributed by atoms with E-state index in [9.17, 15) is 5.11 Å². The van der Waals surface area contributed by atoms with Crippen LogP contribution in [0.2, 0.25) is 0 Å². The SMILES string of the molecule is OC1CNC[C@@H]1OC1CCCC1. The quantitative estimate of drug-likeness (QED) is 0.627. The Balaban J connectivity index is 1.77. The van der Waals surface area contributed by atoms with E-state index in [-0.39, 0.29) is 12.2 Å². The smallest absolute Gasteiger partial charge is 0.0974 e. The van der Waals surface area contributed by atoms with Crippen LogP contribution in [0.4, 0.5) is 0 Å². The van der Waals surface area contributed by atoms with Crippen molar-refractivity contribution in [2.24, 2.45) is 0 Å². The summed E-state index contributed by atoms with van der Waals surface area (Å²) in [4.78, 5) is 0. The zero-order valence-electron chi connectivity index (χ0n) is 7.33. The molecule has 2 N–H and O–H groups in total. The minimum absolute atomic E-state index is 0.0492. The van der Waals surface area contributed by atoms with E-state index in [1.165, 1.54) is 25.7 Å². The van der Waals surface area contributed by atoms with Gasteiger partial charge in [-0.15, -0.1) is 0 Å². The summed E-state index contributed by atoms with van der Waals surface area (Å²) in [6.07, 6.45) is 5.14. The molecule has 3 heteroatoms. The van der Waals surface area contributed by atoms with Crippen molar-refractivity contribution in [1.29, 1.82) is 0 Å². The van der Waals surface area contributed by atoms with Gasteiger partial charge in [-0.3, -0.25) is 0 Å². The maximum atomic E-state index is 9.46. The summed E-state index contributed by atoms with van der Waals surface area (Å²) in [5.74, 6) is 0. The van der Waals surface area contributed by atoms with E-state index in [1.807, 2.05) is 0 Å². The van der Waals surface area contributed by atoms with E-state index < -0.39 is 0 Å². The van der Waals surface area contributed by atoms with Crippen molar-refractivity contribution in [3.05, 3.63) is 0 Å². The molecule has 1 saturated heterocycles. The average molecular weight is 171 g/mol. The van der Waals surface area contributed by atoms with Gasteiger partial charge in [-0.05, 0) is 12.8 Å². The second-order valence-corrected chi connectivity index (χ2v) is 3.81. The first-order chi connectivity index (χ1) is 5.86. The zero-order valence-corrected chi connectivity index (χ0v) is 7.33. The third-order valence-corrected chi connectivity index (χ3v) is 2.80. The maximum Gasteiger partial charge on any atom is 0.0974 e. The number of rotatable bonds is 2. The number of hydrogen-bond donors (Lipinski definition) is 2. The summed E-state index contributed by atoms with van der Waals surface area (Å²) >= 11 is 0. The average Bonchev–Trinajstić information content (AvgIpc) is 2.65. The molecule has 0 radical (unpaired) electrons. The monoisotopic (exact) mass is 171 g/mol. The van der Waals surface area contributed by atoms with Crippen molar-refractivity contribution >= 4 is 0 Å². The highest BCUT2D eigenvalue weighted by Crippen LogP contribution is 2.23. The van der Waals surface area contributed by atoms with E-state index in [1.54, 1.807) is 0 Å². The number of ether oxygens (including phenoxy) is 1. The highest BCUT2D eigenvalue weighted by atomic mass is 16.5. The highest BCUT2D eigenvalue weighted by Gasteiger charge is 2.29. The molecular formula is C9H17NO2. The number of aliphatic hydroxyl groups is 1. The van der Waals surface area contributed by atoms with Crippen LogP contribution in [0.15, 0.2) is 0 Å². The Morgan fingerprint density at radius 3 is 2.50 bits per heavy atom. The lowest BCUT2D eigenvalue weighted by atomic mass is 10.2. The van der Waals surface area contributed by atoms with Crippen molar-refractivity contribution in [3.63, 3.8) is 0 Å². The van der Waals surface area contributed by atoms with Crippen molar-refractivity contribution in [2.75, 3.05) is 13.1 Å². The van der Waals surface area contributed by atoms with Crippen LogP contribution < -0.4 is 5.32 Å². The predicted molar refractivity (Wildman–Crippen MR) is 46.0 cm³/mol. The van der Waals surface area contributed by atoms with Gasteiger partial charge in [-0.1, -0.05) is 12.8 Å². The molecule has 0 aromatic heterocycles. The van der Waals surface area contributed by atoms with Gasteiger partial charge in [0.2, 0.25) is 0 Å². The Labute approximate surface area is 73.1 Å². The molecule has 1 aliphatic heterocycles. The molecule has 2 fully saturated rings. The van der Waals surface area contributed by atoms with Gasteiger partial charge >= 0.3 is 0 Å². The van der Waals surface area contributed by atoms with Gasteiger partial charge in [0.1, 0.15) is 0 Å². The van der Waals surface area contributed by atoms with E-state index in [0.717, 1.165) is 6.54 Å². The zero-order chi connectivity index (χ0) is 8.39. The fourth-order valence-electron chi connectivity index (χ4n) is 2.05. The topological polar surface area (TPSA) is 41.5 Å². The van der Waals surface area contributed by atoms with E-state index in [2.05, 4.69) is 5.32 Å². The Morgan fingerprint density at radius 2 is 1.92 bits per heavy atom. The Morgan fingerprint density at radius 1 is 1.17 bits per heavy atom. The summed E-state index contributed by atoms with van der Waals surface area (Å²) in [6, 6.07) is 0. The van der Waals surface area contributed by atoms with Crippen LogP contribution in [0.1, 0.15) is 25.7 Å². The van der Waals surface area contributed by atoms with Gasteiger partial charge in [0.25, 0.3) is 0 Å². The molecule has 0 spiro atoms. The molecule has 3 nitrogen and oxygen atoms in total. The minimum Gasteiger partial charge on any atom is -0.389 e. The van der Waals surface area contributed by atoms with Crippen LogP contribution in [-0.4, -0.2) is 36.5 Å². The maximum absolute atomic E-state index is 9.46. The highest BCUT2D eigenvalue weighted by molar-refractivity contribution is 4.83. The van der Waals surface area contributed by atoms with Gasteiger partial charge in [-0.2, -0.15) is 0 Å². The Hall–Kier alpha value is -0.120. The Kier molecular flexibility index (Phi) is 2.63. The summed E-state index contributed by atoms with van der Waals surface area (Å²) in [5.41, 5.74) is 0. The summed E-state index contributed by atoms with van der Waals surface area (Å²) in [7, 11) is 0. The van der Waals surface area contributed by atoms with Crippen molar-refractivity contribution in [1.82, 2.24) is 5.32 Å². The standard InChI is InChI=1S/C9H17NO2/c11-8-5-10-6-9(8)12-7-3-1-2-4-7/h7-11H,1-6H2/t8?,9-/m0/s1. The molecule has 70 valence electrons. The molecule has 2 atom stereocenters. The second-order valence-electron chi connectivity index (χ2n) is 3.81. The lowest BCUT2D eigenvalue weighted by molar-refractivity contribution is -0.0498. The first kappa shape index (κ1) is 8.48. The number of aliphatic hydroxyl groups excluding tert-OH is 1. The van der Waals surface area contributed by atoms with Gasteiger partial charge in [0.15, 0.2) is 0 Å². The lowest BCUT2D eigenvalue weighted by Gasteiger charge is -2.19. The fourth-order valence-corrected chi connectivity index (χ4v) is 2.05. The predicted octanol–water partition coefficient (Wildman–Crippen LogP) is 0.278. The van der Waals surface area contributed by atoms with E-state index >= 15 is 0 Å². The molecule has 0 amide bonds. The molecule has 1 aliphatic carbocycles. The molecule has 1 saturated carbocycles. The lowest BCUT2D eigenvalue weighted by Crippen LogP contribution is -2.30. The summed E-state index contributed by atoms with van der Waals surface area (Å²) < 4.78 is 5.77. The molecule has 2 rings (SSSR count). The van der Waals surface area contributed by atoms with Crippen molar-refractivity contribution in [2.45, 2.75) is 44.0 Å². The van der Waals surface area contributed by atoms with E-state index in [0.29, 0.717) is 12.6 Å². The van der Waals surface area contributed by atoms with E-state index in [4.69, 9.17) is 4.74 Å². The number of β-amino-alcohol motifs (C(OH)–C–C–N with tert-alkyl or cyclic N) is 1. The van der Waals surface area contributed by atoms with Gasteiger partial charge in [0, 0.05) is 13.1 Å². The molecule has 1 unspecified atom stereocenters. The third kappa shape index (κ3) is 1.79. The first-order valence-electron chi connectivity index (χ1n) is 4.90. The molecule has 0 bridgehead atoms. The molecule has 0 aromatic rings. The largest absolute Gasteiger partial charge is 0.389 e. The summed E-state index contributed by atoms with van der Waals surface area (Å²) in [6.45, 7) is 1.51. The fraction of sp³-hybridized carbons (Fsp3) is 1.00. The molecule has 12 heavy (non-hydrogen) atoms. The first-order valence-corrected chi connectivity index (χ1v) is 4.90. The third-order valence-electron chi connectivity index (χ3n) is 2.80. The minimum atomic E-state index is -0.286. The molecule has 0 aromatic carbocycles. The van der Waals surface area contributed by atoms with Crippen molar-refractivity contribution < 1.29 is 9.84 Å². The van der Waals surface area contributed by atoms with Crippen LogP contribution in [0.3, 0.4) is 0 Å². The van der Waals surface area contributed by atoms with Crippen molar-refractivity contribution in [3.8, 4) is 0 Å². The summed E-state index contributed by atoms with van der Waals surface area (Å²) in [5, 5.41) is 12.6. The normalized spacial score (nSPS) is 37.8. The van der Waals surface area contributed by atoms with Gasteiger partial charge in [-0.25, -0.2) is 0 Å². The number of hydrogen-bond acceptors (Lipinski definition) is 3. The molecular weight excluding hydrogens is 154 g/mol. The van der Waals surface area contributed by atoms with Gasteiger partial charge in [0.05, 0.1) is 18.3 Å². The molecule has 2 aliphatic rings. The van der Waals surface area contributed by atoms with Crippen LogP contribution in [0, 0.1) is 0 Å². The second kappa shape index (κ2) is 3.73. The van der Waals surface area contributed by atoms with Crippen LogP contribution in [0.25, 0.3) is 0 Å². The molecule has 1 heterocycles. The van der Waals surface area contributed by atoms with Crippen LogP contribution in [-0.2, 0) is 4.74 Å². The van der Waals surface area contributed by atoms with Crippen LogP contribution in [0.5, 0.6) is 0 Å². The number of nitrogens with one attached hydrogen (secondary N) is 1. The van der Waals surface area contributed by atoms with Gasteiger partial charge < -0.3 is 15.2 Å². The Bertz CT molecular complexity index is 145. The van der Waals surface area contributed by atoms with Crippen LogP contribution >= 0.6 is 0 Å².